The molecule has 0 aromatic rings. The maximum absolute atomic E-state index is 12.4. The first-order valence-electron chi connectivity index (χ1n) is 24.7. The largest absolute Gasteiger partial charge is 0.394 e. The third-order valence-corrected chi connectivity index (χ3v) is 11.4. The van der Waals surface area contributed by atoms with Crippen LogP contribution in [0.1, 0.15) is 264 Å². The molecule has 3 N–H and O–H groups in total. The molecule has 55 heavy (non-hydrogen) atoms. The van der Waals surface area contributed by atoms with Crippen molar-refractivity contribution in [2.45, 2.75) is 276 Å². The molecule has 0 saturated carbocycles. The van der Waals surface area contributed by atoms with Crippen molar-refractivity contribution in [3.05, 3.63) is 36.5 Å². The number of nitrogens with one attached hydrogen (secondary N) is 1. The van der Waals surface area contributed by atoms with Gasteiger partial charge in [-0.25, -0.2) is 0 Å². The van der Waals surface area contributed by atoms with Crippen LogP contribution in [-0.2, 0) is 4.79 Å². The summed E-state index contributed by atoms with van der Waals surface area (Å²) in [5, 5.41) is 23.0. The molecule has 0 aliphatic rings. The molecular formula is C51H97NO3. The Morgan fingerprint density at radius 2 is 0.709 bits per heavy atom. The van der Waals surface area contributed by atoms with E-state index in [0.29, 0.717) is 6.42 Å². The minimum absolute atomic E-state index is 0.0749. The van der Waals surface area contributed by atoms with Crippen LogP contribution in [0.2, 0.25) is 0 Å². The molecule has 1 amide bonds. The van der Waals surface area contributed by atoms with Crippen LogP contribution in [-0.4, -0.2) is 34.9 Å². The first-order chi connectivity index (χ1) is 27.2. The molecule has 0 heterocycles. The summed E-state index contributed by atoms with van der Waals surface area (Å²) in [5.74, 6) is -0.0749. The Morgan fingerprint density at radius 3 is 1.05 bits per heavy atom. The second-order valence-corrected chi connectivity index (χ2v) is 16.9. The quantitative estimate of drug-likeness (QED) is 0.0426. The first kappa shape index (κ1) is 53.6. The lowest BCUT2D eigenvalue weighted by Gasteiger charge is -2.19. The molecule has 0 fully saturated rings. The molecule has 4 nitrogen and oxygen atoms in total. The van der Waals surface area contributed by atoms with E-state index >= 15 is 0 Å². The van der Waals surface area contributed by atoms with Crippen molar-refractivity contribution in [3.8, 4) is 0 Å². The van der Waals surface area contributed by atoms with Gasteiger partial charge in [-0.1, -0.05) is 249 Å². The van der Waals surface area contributed by atoms with Gasteiger partial charge in [0, 0.05) is 6.42 Å². The van der Waals surface area contributed by atoms with Gasteiger partial charge in [0.15, 0.2) is 0 Å². The first-order valence-corrected chi connectivity index (χ1v) is 24.7. The molecule has 0 aliphatic carbocycles. The van der Waals surface area contributed by atoms with E-state index in [0.717, 1.165) is 38.5 Å². The highest BCUT2D eigenvalue weighted by atomic mass is 16.3. The Kier molecular flexibility index (Phi) is 45.8. The number of amides is 1. The minimum atomic E-state index is -0.866. The van der Waals surface area contributed by atoms with Crippen LogP contribution in [0.15, 0.2) is 36.5 Å². The molecule has 0 spiro atoms. The van der Waals surface area contributed by atoms with Gasteiger partial charge in [0.1, 0.15) is 0 Å². The molecule has 0 aromatic heterocycles. The summed E-state index contributed by atoms with van der Waals surface area (Å²) in [4.78, 5) is 12.4. The van der Waals surface area contributed by atoms with E-state index in [1.165, 1.54) is 205 Å². The number of rotatable bonds is 45. The Bertz CT molecular complexity index is 836. The second-order valence-electron chi connectivity index (χ2n) is 16.9. The second kappa shape index (κ2) is 47.0. The fraction of sp³-hybridized carbons (Fsp3) is 0.863. The van der Waals surface area contributed by atoms with Crippen molar-refractivity contribution in [2.75, 3.05) is 6.61 Å². The van der Waals surface area contributed by atoms with Gasteiger partial charge < -0.3 is 15.5 Å². The summed E-state index contributed by atoms with van der Waals surface area (Å²) in [6.07, 6.45) is 62.9. The van der Waals surface area contributed by atoms with Gasteiger partial charge in [0.05, 0.1) is 18.8 Å². The van der Waals surface area contributed by atoms with E-state index in [4.69, 9.17) is 0 Å². The monoisotopic (exact) mass is 772 g/mol. The number of aliphatic hydroxyl groups excluding tert-OH is 2. The van der Waals surface area contributed by atoms with E-state index in [1.54, 1.807) is 6.08 Å². The van der Waals surface area contributed by atoms with Gasteiger partial charge in [-0.15, -0.1) is 0 Å². The lowest BCUT2D eigenvalue weighted by atomic mass is 10.0. The van der Waals surface area contributed by atoms with Crippen LogP contribution in [0.5, 0.6) is 0 Å². The molecular weight excluding hydrogens is 675 g/mol. The van der Waals surface area contributed by atoms with Gasteiger partial charge in [-0.05, 0) is 44.9 Å². The SMILES string of the molecule is CCCCC/C=C/CC/C=C/CC/C=C/C(O)C(CO)NC(=O)CCCCCCCCCCCCCCCCCCCCCCCCCCCCCCCC. The highest BCUT2D eigenvalue weighted by molar-refractivity contribution is 5.76. The van der Waals surface area contributed by atoms with E-state index in [9.17, 15) is 15.0 Å². The number of unbranched alkanes of at least 4 members (excludes halogenated alkanes) is 34. The fourth-order valence-electron chi connectivity index (χ4n) is 7.56. The molecule has 0 bridgehead atoms. The summed E-state index contributed by atoms with van der Waals surface area (Å²) in [6, 6.07) is -0.642. The average Bonchev–Trinajstić information content (AvgIpc) is 3.19. The molecule has 0 rings (SSSR count). The van der Waals surface area contributed by atoms with Gasteiger partial charge in [-0.2, -0.15) is 0 Å². The number of hydrogen-bond acceptors (Lipinski definition) is 3. The molecule has 2 unspecified atom stereocenters. The molecule has 2 atom stereocenters. The van der Waals surface area contributed by atoms with Gasteiger partial charge in [0.2, 0.25) is 5.91 Å². The van der Waals surface area contributed by atoms with Gasteiger partial charge in [-0.3, -0.25) is 4.79 Å². The molecule has 0 radical (unpaired) electrons. The van der Waals surface area contributed by atoms with Crippen LogP contribution in [0.3, 0.4) is 0 Å². The lowest BCUT2D eigenvalue weighted by molar-refractivity contribution is -0.123. The molecule has 0 saturated heterocycles. The van der Waals surface area contributed by atoms with Gasteiger partial charge in [0.25, 0.3) is 0 Å². The lowest BCUT2D eigenvalue weighted by Crippen LogP contribution is -2.45. The van der Waals surface area contributed by atoms with Crippen molar-refractivity contribution in [1.82, 2.24) is 5.32 Å². The number of allylic oxidation sites excluding steroid dienone is 5. The maximum Gasteiger partial charge on any atom is 0.220 e. The zero-order valence-electron chi connectivity index (χ0n) is 37.2. The summed E-state index contributed by atoms with van der Waals surface area (Å²) in [7, 11) is 0. The van der Waals surface area contributed by atoms with Crippen LogP contribution < -0.4 is 5.32 Å². The number of carbonyl (C=O) groups excluding carboxylic acids is 1. The molecule has 324 valence electrons. The van der Waals surface area contributed by atoms with E-state index in [2.05, 4.69) is 43.5 Å². The highest BCUT2D eigenvalue weighted by Gasteiger charge is 2.17. The summed E-state index contributed by atoms with van der Waals surface area (Å²) < 4.78 is 0. The Morgan fingerprint density at radius 1 is 0.418 bits per heavy atom. The third-order valence-electron chi connectivity index (χ3n) is 11.4. The predicted molar refractivity (Wildman–Crippen MR) is 244 cm³/mol. The fourth-order valence-corrected chi connectivity index (χ4v) is 7.56. The number of aliphatic hydroxyl groups is 2. The van der Waals surface area contributed by atoms with Crippen molar-refractivity contribution in [3.63, 3.8) is 0 Å². The zero-order valence-corrected chi connectivity index (χ0v) is 37.2. The van der Waals surface area contributed by atoms with Crippen LogP contribution in [0, 0.1) is 0 Å². The normalized spacial score (nSPS) is 13.2. The molecule has 0 aromatic carbocycles. The number of carbonyl (C=O) groups is 1. The average molecular weight is 772 g/mol. The van der Waals surface area contributed by atoms with Crippen LogP contribution >= 0.6 is 0 Å². The van der Waals surface area contributed by atoms with Crippen LogP contribution in [0.4, 0.5) is 0 Å². The van der Waals surface area contributed by atoms with Crippen molar-refractivity contribution in [2.24, 2.45) is 0 Å². The van der Waals surface area contributed by atoms with E-state index in [-0.39, 0.29) is 12.5 Å². The van der Waals surface area contributed by atoms with Crippen molar-refractivity contribution in [1.29, 1.82) is 0 Å². The van der Waals surface area contributed by atoms with E-state index in [1.807, 2.05) is 6.08 Å². The summed E-state index contributed by atoms with van der Waals surface area (Å²) in [5.41, 5.74) is 0. The minimum Gasteiger partial charge on any atom is -0.394 e. The summed E-state index contributed by atoms with van der Waals surface area (Å²) >= 11 is 0. The van der Waals surface area contributed by atoms with Gasteiger partial charge >= 0.3 is 0 Å². The Balaban J connectivity index is 3.45. The Labute approximate surface area is 344 Å². The molecule has 0 aliphatic heterocycles. The zero-order chi connectivity index (χ0) is 40.0. The van der Waals surface area contributed by atoms with Crippen LogP contribution in [0.25, 0.3) is 0 Å². The Hall–Kier alpha value is -1.39. The summed E-state index contributed by atoms with van der Waals surface area (Å²) in [6.45, 7) is 4.28. The third kappa shape index (κ3) is 43.6. The van der Waals surface area contributed by atoms with E-state index < -0.39 is 12.1 Å². The smallest absolute Gasteiger partial charge is 0.220 e. The molecule has 4 heteroatoms. The highest BCUT2D eigenvalue weighted by Crippen LogP contribution is 2.17. The maximum atomic E-state index is 12.4. The van der Waals surface area contributed by atoms with Crippen molar-refractivity contribution >= 4 is 5.91 Å². The topological polar surface area (TPSA) is 69.6 Å². The van der Waals surface area contributed by atoms with Crippen molar-refractivity contribution < 1.29 is 15.0 Å². The predicted octanol–water partition coefficient (Wildman–Crippen LogP) is 15.7. The standard InChI is InChI=1S/C51H97NO3/c1-3-5-7-9-11-13-15-17-18-19-20-21-22-23-24-25-26-27-28-29-30-31-32-33-35-37-39-41-43-45-47-51(55)52-49(48-53)50(54)46-44-42-40-38-36-34-16-14-12-10-8-6-4-2/h12,14,36,38,44,46,49-50,53-54H,3-11,13,15-35,37,39-43,45,47-48H2,1-2H3,(H,52,55)/b14-12+,38-36+,46-44+. The number of hydrogen-bond donors (Lipinski definition) is 3.